The van der Waals surface area contributed by atoms with Crippen molar-refractivity contribution in [1.82, 2.24) is 24.9 Å². The van der Waals surface area contributed by atoms with Crippen molar-refractivity contribution in [3.63, 3.8) is 0 Å². The van der Waals surface area contributed by atoms with Crippen molar-refractivity contribution >= 4 is 23.2 Å². The van der Waals surface area contributed by atoms with E-state index in [1.807, 2.05) is 6.92 Å². The molecule has 3 aromatic rings. The number of hydrogen-bond acceptors (Lipinski definition) is 6. The maximum absolute atomic E-state index is 15.0. The number of alkyl halides is 3. The first kappa shape index (κ1) is 23.9. The van der Waals surface area contributed by atoms with E-state index in [9.17, 15) is 22.0 Å². The minimum Gasteiger partial charge on any atom is -0.493 e. The Kier molecular flexibility index (Phi) is 7.34. The molecule has 0 aliphatic carbocycles. The predicted octanol–water partition coefficient (Wildman–Crippen LogP) is 4.46. The maximum Gasteiger partial charge on any atom is 0.408 e. The number of halogens is 6. The van der Waals surface area contributed by atoms with Crippen LogP contribution < -0.4 is 15.4 Å². The Balaban J connectivity index is 2.03. The fraction of sp³-hybridized carbons (Fsp3) is 0.421. The van der Waals surface area contributed by atoms with Crippen molar-refractivity contribution in [3.05, 3.63) is 35.2 Å². The van der Waals surface area contributed by atoms with Crippen molar-refractivity contribution in [3.8, 4) is 16.9 Å². The molecule has 32 heavy (non-hydrogen) atoms. The molecular weight excluding hydrogens is 459 g/mol. The number of benzene rings is 1. The summed E-state index contributed by atoms with van der Waals surface area (Å²) in [4.78, 5) is 7.67. The molecular formula is C19H20ClF5N6O. The summed E-state index contributed by atoms with van der Waals surface area (Å²) >= 11 is 6.13. The second-order valence-corrected chi connectivity index (χ2v) is 7.18. The molecule has 2 heterocycles. The van der Waals surface area contributed by atoms with Crippen molar-refractivity contribution in [2.45, 2.75) is 32.5 Å². The number of nitrogens with one attached hydrogen (secondary N) is 2. The molecule has 7 nitrogen and oxygen atoms in total. The van der Waals surface area contributed by atoms with Gasteiger partial charge >= 0.3 is 6.18 Å². The van der Waals surface area contributed by atoms with Gasteiger partial charge in [-0.3, -0.25) is 0 Å². The molecule has 1 atom stereocenters. The van der Waals surface area contributed by atoms with E-state index >= 15 is 0 Å². The third kappa shape index (κ3) is 5.18. The van der Waals surface area contributed by atoms with Gasteiger partial charge in [0.1, 0.15) is 40.7 Å². The van der Waals surface area contributed by atoms with Gasteiger partial charge in [-0.1, -0.05) is 18.5 Å². The first-order valence-electron chi connectivity index (χ1n) is 9.68. The average Bonchev–Trinajstić information content (AvgIpc) is 3.16. The second kappa shape index (κ2) is 9.82. The molecule has 2 N–H and O–H groups in total. The first-order chi connectivity index (χ1) is 15.1. The lowest BCUT2D eigenvalue weighted by Crippen LogP contribution is -2.34. The van der Waals surface area contributed by atoms with Gasteiger partial charge in [0, 0.05) is 12.1 Å². The smallest absolute Gasteiger partial charge is 0.408 e. The number of rotatable bonds is 9. The molecule has 1 aromatic carbocycles. The van der Waals surface area contributed by atoms with E-state index in [1.165, 1.54) is 0 Å². The number of anilines is 1. The predicted molar refractivity (Wildman–Crippen MR) is 109 cm³/mol. The summed E-state index contributed by atoms with van der Waals surface area (Å²) in [5.74, 6) is -2.78. The summed E-state index contributed by atoms with van der Waals surface area (Å²) in [7, 11) is 0. The number of hydrogen-bond donors (Lipinski definition) is 2. The summed E-state index contributed by atoms with van der Waals surface area (Å²) in [6, 6.07) is -0.216. The fourth-order valence-corrected chi connectivity index (χ4v) is 3.15. The lowest BCUT2D eigenvalue weighted by atomic mass is 10.1. The topological polar surface area (TPSA) is 76.4 Å². The number of nitrogens with zero attached hydrogens (tertiary/aromatic N) is 4. The van der Waals surface area contributed by atoms with E-state index < -0.39 is 46.0 Å². The molecule has 1 unspecified atom stereocenters. The van der Waals surface area contributed by atoms with Gasteiger partial charge in [-0.15, -0.1) is 0 Å². The Morgan fingerprint density at radius 1 is 1.19 bits per heavy atom. The number of aromatic nitrogens is 4. The molecule has 174 valence electrons. The third-order valence-corrected chi connectivity index (χ3v) is 4.78. The zero-order chi connectivity index (χ0) is 23.5. The largest absolute Gasteiger partial charge is 0.493 e. The maximum atomic E-state index is 15.0. The molecule has 0 spiro atoms. The van der Waals surface area contributed by atoms with E-state index in [4.69, 9.17) is 16.3 Å². The van der Waals surface area contributed by atoms with Crippen LogP contribution >= 0.6 is 11.6 Å². The van der Waals surface area contributed by atoms with E-state index in [2.05, 4.69) is 25.7 Å². The highest BCUT2D eigenvalue weighted by Crippen LogP contribution is 2.39. The Bertz CT molecular complexity index is 1070. The zero-order valence-electron chi connectivity index (χ0n) is 17.1. The van der Waals surface area contributed by atoms with Gasteiger partial charge in [0.05, 0.1) is 17.7 Å². The molecule has 0 aliphatic rings. The van der Waals surface area contributed by atoms with Gasteiger partial charge in [-0.2, -0.15) is 32.8 Å². The van der Waals surface area contributed by atoms with Crippen LogP contribution in [0.5, 0.6) is 5.75 Å². The van der Waals surface area contributed by atoms with Crippen molar-refractivity contribution in [2.24, 2.45) is 0 Å². The van der Waals surface area contributed by atoms with E-state index in [-0.39, 0.29) is 18.1 Å². The molecule has 0 radical (unpaired) electrons. The Morgan fingerprint density at radius 2 is 1.88 bits per heavy atom. The van der Waals surface area contributed by atoms with Crippen LogP contribution in [-0.4, -0.2) is 51.5 Å². The SMILES string of the molecule is CCNCCCOc1cc(F)c(-c2c(Cl)nc3ncnn3c2NC(C)C(F)(F)F)c(F)c1. The second-order valence-electron chi connectivity index (χ2n) is 6.82. The third-order valence-electron chi connectivity index (χ3n) is 4.51. The quantitative estimate of drug-likeness (QED) is 0.268. The Morgan fingerprint density at radius 3 is 2.50 bits per heavy atom. The van der Waals surface area contributed by atoms with E-state index in [0.29, 0.717) is 13.0 Å². The standard InChI is InChI=1S/C19H20ClF5N6O/c1-3-26-5-4-6-32-11-7-12(21)14(13(22)8-11)15-16(20)30-18-27-9-28-31(18)17(15)29-10(2)19(23,24)25/h7-10,26,29H,3-6H2,1-2H3. The molecule has 0 fully saturated rings. The van der Waals surface area contributed by atoms with Crippen molar-refractivity contribution < 1.29 is 26.7 Å². The Hall–Kier alpha value is -2.73. The molecule has 0 amide bonds. The van der Waals surface area contributed by atoms with Crippen LogP contribution in [0.4, 0.5) is 27.8 Å². The molecule has 0 saturated heterocycles. The van der Waals surface area contributed by atoms with Crippen molar-refractivity contribution in [2.75, 3.05) is 25.0 Å². The number of fused-ring (bicyclic) bond motifs is 1. The van der Waals surface area contributed by atoms with Gasteiger partial charge in [0.2, 0.25) is 0 Å². The van der Waals surface area contributed by atoms with Crippen LogP contribution in [0.15, 0.2) is 18.5 Å². The molecule has 0 bridgehead atoms. The number of ether oxygens (including phenoxy) is 1. The van der Waals surface area contributed by atoms with E-state index in [0.717, 1.165) is 36.4 Å². The van der Waals surface area contributed by atoms with Gasteiger partial charge in [0.25, 0.3) is 5.78 Å². The highest BCUT2D eigenvalue weighted by molar-refractivity contribution is 6.33. The minimum absolute atomic E-state index is 0.0654. The summed E-state index contributed by atoms with van der Waals surface area (Å²) in [6.07, 6.45) is -3.01. The van der Waals surface area contributed by atoms with Crippen LogP contribution in [0.3, 0.4) is 0 Å². The van der Waals surface area contributed by atoms with Crippen LogP contribution in [-0.2, 0) is 0 Å². The lowest BCUT2D eigenvalue weighted by Gasteiger charge is -2.21. The fourth-order valence-electron chi connectivity index (χ4n) is 2.89. The van der Waals surface area contributed by atoms with Gasteiger partial charge in [0.15, 0.2) is 0 Å². The summed E-state index contributed by atoms with van der Waals surface area (Å²) in [5, 5.41) is 8.63. The highest BCUT2D eigenvalue weighted by Gasteiger charge is 2.37. The molecule has 0 aliphatic heterocycles. The normalized spacial score (nSPS) is 12.9. The first-order valence-corrected chi connectivity index (χ1v) is 10.1. The van der Waals surface area contributed by atoms with Gasteiger partial charge in [-0.25, -0.2) is 8.78 Å². The Labute approximate surface area is 184 Å². The minimum atomic E-state index is -4.65. The highest BCUT2D eigenvalue weighted by atomic mass is 35.5. The molecule has 2 aromatic heterocycles. The summed E-state index contributed by atoms with van der Waals surface area (Å²) in [5.41, 5.74) is -1.09. The zero-order valence-corrected chi connectivity index (χ0v) is 17.9. The summed E-state index contributed by atoms with van der Waals surface area (Å²) < 4.78 is 75.7. The monoisotopic (exact) mass is 478 g/mol. The van der Waals surface area contributed by atoms with Crippen molar-refractivity contribution in [1.29, 1.82) is 0 Å². The van der Waals surface area contributed by atoms with Crippen LogP contribution in [0, 0.1) is 11.6 Å². The van der Waals surface area contributed by atoms with Gasteiger partial charge < -0.3 is 15.4 Å². The molecule has 3 rings (SSSR count). The molecule has 13 heteroatoms. The van der Waals surface area contributed by atoms with Crippen LogP contribution in [0.25, 0.3) is 16.9 Å². The van der Waals surface area contributed by atoms with Crippen LogP contribution in [0.1, 0.15) is 20.3 Å². The van der Waals surface area contributed by atoms with Gasteiger partial charge in [-0.05, 0) is 26.4 Å². The van der Waals surface area contributed by atoms with E-state index in [1.54, 1.807) is 0 Å². The molecule has 0 saturated carbocycles. The lowest BCUT2D eigenvalue weighted by molar-refractivity contribution is -0.138. The summed E-state index contributed by atoms with van der Waals surface area (Å²) in [6.45, 7) is 4.46. The average molecular weight is 479 g/mol. The van der Waals surface area contributed by atoms with Crippen LogP contribution in [0.2, 0.25) is 5.15 Å².